The summed E-state index contributed by atoms with van der Waals surface area (Å²) in [6, 6.07) is 4.46. The summed E-state index contributed by atoms with van der Waals surface area (Å²) < 4.78 is 0. The fourth-order valence-corrected chi connectivity index (χ4v) is 4.79. The van der Waals surface area contributed by atoms with E-state index in [0.29, 0.717) is 0 Å². The van der Waals surface area contributed by atoms with Gasteiger partial charge in [-0.3, -0.25) is 0 Å². The second-order valence-corrected chi connectivity index (χ2v) is 6.10. The van der Waals surface area contributed by atoms with E-state index in [9.17, 15) is 0 Å². The monoisotopic (exact) mass is 208 g/mol. The minimum atomic E-state index is 0.767. The summed E-state index contributed by atoms with van der Waals surface area (Å²) in [6.45, 7) is 0. The van der Waals surface area contributed by atoms with Crippen LogP contribution in [0.1, 0.15) is 23.0 Å². The van der Waals surface area contributed by atoms with Gasteiger partial charge in [-0.25, -0.2) is 0 Å². The Labute approximate surface area is 87.0 Å². The molecule has 0 N–H and O–H groups in total. The van der Waals surface area contributed by atoms with Gasteiger partial charge in [-0.2, -0.15) is 0 Å². The van der Waals surface area contributed by atoms with Crippen molar-refractivity contribution in [3.8, 4) is 0 Å². The third kappa shape index (κ3) is 1.36. The van der Waals surface area contributed by atoms with E-state index in [1.54, 1.807) is 4.88 Å². The number of hydrogen-bond donors (Lipinski definition) is 0. The van der Waals surface area contributed by atoms with Gasteiger partial charge in [-0.15, -0.1) is 23.1 Å². The Hall–Kier alpha value is -0.210. The molecule has 1 aromatic heterocycles. The van der Waals surface area contributed by atoms with Gasteiger partial charge in [-0.1, -0.05) is 18.2 Å². The van der Waals surface area contributed by atoms with Crippen molar-refractivity contribution in [1.82, 2.24) is 0 Å². The average molecular weight is 208 g/mol. The maximum absolute atomic E-state index is 2.44. The first-order chi connectivity index (χ1) is 6.43. The van der Waals surface area contributed by atoms with Crippen LogP contribution in [-0.2, 0) is 0 Å². The van der Waals surface area contributed by atoms with Crippen LogP contribution in [0.5, 0.6) is 0 Å². The molecule has 1 fully saturated rings. The number of fused-ring (bicyclic) bond motifs is 2. The molecule has 0 aromatic carbocycles. The molecule has 1 saturated heterocycles. The molecule has 0 unspecified atom stereocenters. The van der Waals surface area contributed by atoms with Crippen molar-refractivity contribution in [2.24, 2.45) is 5.92 Å². The van der Waals surface area contributed by atoms with E-state index >= 15 is 0 Å². The maximum Gasteiger partial charge on any atom is 0.0459 e. The van der Waals surface area contributed by atoms with Crippen LogP contribution in [0.3, 0.4) is 0 Å². The van der Waals surface area contributed by atoms with Crippen molar-refractivity contribution in [2.45, 2.75) is 23.3 Å². The van der Waals surface area contributed by atoms with Crippen molar-refractivity contribution in [2.75, 3.05) is 0 Å². The summed E-state index contributed by atoms with van der Waals surface area (Å²) in [5, 5.41) is 3.77. The highest BCUT2D eigenvalue weighted by atomic mass is 32.2. The number of hydrogen-bond acceptors (Lipinski definition) is 2. The lowest BCUT2D eigenvalue weighted by atomic mass is 9.91. The van der Waals surface area contributed by atoms with Crippen LogP contribution in [0.4, 0.5) is 0 Å². The van der Waals surface area contributed by atoms with Gasteiger partial charge in [0.05, 0.1) is 0 Å². The predicted octanol–water partition coefficient (Wildman–Crippen LogP) is 3.87. The minimum Gasteiger partial charge on any atom is -0.148 e. The molecule has 3 heterocycles. The first-order valence-corrected chi connectivity index (χ1v) is 6.63. The Bertz CT molecular complexity index is 313. The Morgan fingerprint density at radius 2 is 2.23 bits per heavy atom. The second kappa shape index (κ2) is 3.18. The van der Waals surface area contributed by atoms with Crippen LogP contribution in [-0.4, -0.2) is 5.25 Å². The fraction of sp³-hybridized carbons (Fsp3) is 0.455. The van der Waals surface area contributed by atoms with Gasteiger partial charge in [-0.05, 0) is 30.2 Å². The van der Waals surface area contributed by atoms with Crippen molar-refractivity contribution in [3.05, 3.63) is 34.5 Å². The van der Waals surface area contributed by atoms with Crippen LogP contribution in [0.2, 0.25) is 0 Å². The lowest BCUT2D eigenvalue weighted by Crippen LogP contribution is -2.23. The Morgan fingerprint density at radius 1 is 1.23 bits per heavy atom. The summed E-state index contributed by atoms with van der Waals surface area (Å²) in [5.41, 5.74) is 0. The first kappa shape index (κ1) is 8.13. The molecule has 13 heavy (non-hydrogen) atoms. The van der Waals surface area contributed by atoms with Gasteiger partial charge in [0.1, 0.15) is 0 Å². The van der Waals surface area contributed by atoms with Crippen LogP contribution >= 0.6 is 23.1 Å². The SMILES string of the molecule is C1=C[C@H]2CC[C@@H]1S[C@H]2c1cccs1. The largest absolute Gasteiger partial charge is 0.148 e. The fourth-order valence-electron chi connectivity index (χ4n) is 2.20. The smallest absolute Gasteiger partial charge is 0.0459 e. The molecule has 1 aliphatic carbocycles. The molecule has 1 aromatic rings. The van der Waals surface area contributed by atoms with Gasteiger partial charge < -0.3 is 0 Å². The van der Waals surface area contributed by atoms with Gasteiger partial charge in [0.2, 0.25) is 0 Å². The molecule has 0 nitrogen and oxygen atoms in total. The van der Waals surface area contributed by atoms with E-state index in [0.717, 1.165) is 16.4 Å². The summed E-state index contributed by atoms with van der Waals surface area (Å²) in [5.74, 6) is 0.814. The summed E-state index contributed by atoms with van der Waals surface area (Å²) in [7, 11) is 0. The first-order valence-electron chi connectivity index (χ1n) is 4.81. The van der Waals surface area contributed by atoms with Gasteiger partial charge in [0, 0.05) is 15.4 Å². The lowest BCUT2D eigenvalue weighted by Gasteiger charge is -2.37. The van der Waals surface area contributed by atoms with E-state index in [1.165, 1.54) is 12.8 Å². The number of rotatable bonds is 1. The van der Waals surface area contributed by atoms with E-state index in [4.69, 9.17) is 0 Å². The number of allylic oxidation sites excluding steroid dienone is 1. The van der Waals surface area contributed by atoms with Crippen LogP contribution in [0.25, 0.3) is 0 Å². The zero-order valence-corrected chi connectivity index (χ0v) is 8.98. The molecule has 0 saturated carbocycles. The van der Waals surface area contributed by atoms with Gasteiger partial charge in [0.15, 0.2) is 0 Å². The van der Waals surface area contributed by atoms with Crippen LogP contribution in [0, 0.1) is 5.92 Å². The van der Waals surface area contributed by atoms with Crippen molar-refractivity contribution < 1.29 is 0 Å². The number of thiophene rings is 1. The van der Waals surface area contributed by atoms with E-state index in [2.05, 4.69) is 41.4 Å². The standard InChI is InChI=1S/C11H12S2/c1-2-10(12-7-1)11-8-3-5-9(13-11)6-4-8/h1-3,5,7-9,11H,4,6H2/t8-,9+,11+/m0/s1. The molecule has 2 bridgehead atoms. The predicted molar refractivity (Wildman–Crippen MR) is 60.3 cm³/mol. The quantitative estimate of drug-likeness (QED) is 0.631. The molecule has 3 aliphatic rings. The van der Waals surface area contributed by atoms with Crippen LogP contribution < -0.4 is 0 Å². The Kier molecular flexibility index (Phi) is 1.99. The molecular weight excluding hydrogens is 196 g/mol. The summed E-state index contributed by atoms with van der Waals surface area (Å²) in [4.78, 5) is 1.57. The van der Waals surface area contributed by atoms with Gasteiger partial charge in [0.25, 0.3) is 0 Å². The molecule has 0 radical (unpaired) electrons. The molecule has 0 amide bonds. The van der Waals surface area contributed by atoms with Gasteiger partial charge >= 0.3 is 0 Å². The molecule has 2 heteroatoms. The Balaban J connectivity index is 1.91. The summed E-state index contributed by atoms with van der Waals surface area (Å²) in [6.07, 6.45) is 7.64. The van der Waals surface area contributed by atoms with E-state index < -0.39 is 0 Å². The highest BCUT2D eigenvalue weighted by Gasteiger charge is 2.33. The van der Waals surface area contributed by atoms with E-state index in [-0.39, 0.29) is 0 Å². The molecular formula is C11H12S2. The third-order valence-electron chi connectivity index (χ3n) is 2.89. The summed E-state index contributed by atoms with van der Waals surface area (Å²) >= 11 is 4.08. The highest BCUT2D eigenvalue weighted by Crippen LogP contribution is 2.51. The molecule has 68 valence electrons. The zero-order chi connectivity index (χ0) is 8.67. The molecule has 2 aliphatic heterocycles. The molecule has 4 rings (SSSR count). The zero-order valence-electron chi connectivity index (χ0n) is 7.35. The second-order valence-electron chi connectivity index (χ2n) is 3.74. The van der Waals surface area contributed by atoms with Crippen molar-refractivity contribution >= 4 is 23.1 Å². The van der Waals surface area contributed by atoms with Crippen molar-refractivity contribution in [1.29, 1.82) is 0 Å². The van der Waals surface area contributed by atoms with Crippen molar-refractivity contribution in [3.63, 3.8) is 0 Å². The Morgan fingerprint density at radius 3 is 2.77 bits per heavy atom. The lowest BCUT2D eigenvalue weighted by molar-refractivity contribution is 0.513. The highest BCUT2D eigenvalue weighted by molar-refractivity contribution is 8.00. The van der Waals surface area contributed by atoms with Crippen LogP contribution in [0.15, 0.2) is 29.7 Å². The number of thioether (sulfide) groups is 1. The molecule has 3 atom stereocenters. The maximum atomic E-state index is 2.44. The minimum absolute atomic E-state index is 0.767. The third-order valence-corrected chi connectivity index (χ3v) is 5.64. The molecule has 0 spiro atoms. The topological polar surface area (TPSA) is 0 Å². The van der Waals surface area contributed by atoms with E-state index in [1.807, 2.05) is 11.3 Å². The normalized spacial score (nSPS) is 36.8. The average Bonchev–Trinajstić information content (AvgIpc) is 2.72.